The van der Waals surface area contributed by atoms with E-state index in [1.54, 1.807) is 0 Å². The molecule has 1 nitrogen and oxygen atoms in total. The molecule has 0 spiro atoms. The predicted molar refractivity (Wildman–Crippen MR) is 55.4 cm³/mol. The van der Waals surface area contributed by atoms with Crippen LogP contribution in [0.1, 0.15) is 37.9 Å². The summed E-state index contributed by atoms with van der Waals surface area (Å²) in [7, 11) is 0. The van der Waals surface area contributed by atoms with E-state index in [-0.39, 0.29) is 0 Å². The number of rotatable bonds is 2. The van der Waals surface area contributed by atoms with Crippen LogP contribution in [0.15, 0.2) is 16.7 Å². The summed E-state index contributed by atoms with van der Waals surface area (Å²) in [4.78, 5) is 4.46. The lowest BCUT2D eigenvalue weighted by molar-refractivity contribution is 0.795. The van der Waals surface area contributed by atoms with Gasteiger partial charge in [-0.1, -0.05) is 26.8 Å². The maximum Gasteiger partial charge on any atom is 0.106 e. The second-order valence-corrected chi connectivity index (χ2v) is 4.00. The van der Waals surface area contributed by atoms with E-state index in [9.17, 15) is 0 Å². The molecule has 1 rings (SSSR count). The Kier molecular flexibility index (Phi) is 3.27. The summed E-state index contributed by atoms with van der Waals surface area (Å²) >= 11 is 3.38. The lowest BCUT2D eigenvalue weighted by atomic mass is 10.0. The van der Waals surface area contributed by atoms with Crippen LogP contribution in [0.4, 0.5) is 0 Å². The zero-order chi connectivity index (χ0) is 9.14. The number of hydrogen-bond donors (Lipinski definition) is 0. The van der Waals surface area contributed by atoms with Gasteiger partial charge < -0.3 is 0 Å². The SMILES string of the molecule is CCc1ccc(Br)nc1C(C)C. The molecule has 12 heavy (non-hydrogen) atoms. The van der Waals surface area contributed by atoms with Crippen LogP contribution in [-0.4, -0.2) is 4.98 Å². The third-order valence-electron chi connectivity index (χ3n) is 1.91. The molecule has 1 heterocycles. The van der Waals surface area contributed by atoms with Gasteiger partial charge in [-0.25, -0.2) is 4.98 Å². The van der Waals surface area contributed by atoms with E-state index in [2.05, 4.69) is 47.8 Å². The van der Waals surface area contributed by atoms with Crippen LogP contribution in [0.5, 0.6) is 0 Å². The van der Waals surface area contributed by atoms with Crippen molar-refractivity contribution in [3.05, 3.63) is 28.0 Å². The number of halogens is 1. The highest BCUT2D eigenvalue weighted by atomic mass is 79.9. The van der Waals surface area contributed by atoms with Crippen molar-refractivity contribution in [1.82, 2.24) is 4.98 Å². The van der Waals surface area contributed by atoms with Crippen LogP contribution in [-0.2, 0) is 6.42 Å². The second kappa shape index (κ2) is 4.04. The molecule has 66 valence electrons. The minimum Gasteiger partial charge on any atom is -0.245 e. The summed E-state index contributed by atoms with van der Waals surface area (Å²) in [6, 6.07) is 4.15. The lowest BCUT2D eigenvalue weighted by Gasteiger charge is -2.09. The van der Waals surface area contributed by atoms with Crippen molar-refractivity contribution in [3.63, 3.8) is 0 Å². The molecule has 0 aliphatic carbocycles. The molecule has 1 aromatic heterocycles. The Morgan fingerprint density at radius 1 is 1.42 bits per heavy atom. The molecule has 0 saturated carbocycles. The van der Waals surface area contributed by atoms with E-state index in [0.29, 0.717) is 5.92 Å². The number of nitrogens with zero attached hydrogens (tertiary/aromatic N) is 1. The first kappa shape index (κ1) is 9.72. The summed E-state index contributed by atoms with van der Waals surface area (Å²) < 4.78 is 0.934. The summed E-state index contributed by atoms with van der Waals surface area (Å²) in [5, 5.41) is 0. The Morgan fingerprint density at radius 2 is 2.08 bits per heavy atom. The van der Waals surface area contributed by atoms with Gasteiger partial charge in [0, 0.05) is 5.69 Å². The van der Waals surface area contributed by atoms with Gasteiger partial charge in [-0.15, -0.1) is 0 Å². The Hall–Kier alpha value is -0.370. The number of aromatic nitrogens is 1. The fourth-order valence-corrected chi connectivity index (χ4v) is 1.60. The van der Waals surface area contributed by atoms with Gasteiger partial charge in [0.05, 0.1) is 0 Å². The average Bonchev–Trinajstić information content (AvgIpc) is 2.04. The number of aryl methyl sites for hydroxylation is 1. The van der Waals surface area contributed by atoms with Gasteiger partial charge in [-0.3, -0.25) is 0 Å². The van der Waals surface area contributed by atoms with Crippen molar-refractivity contribution >= 4 is 15.9 Å². The van der Waals surface area contributed by atoms with Crippen LogP contribution in [0.3, 0.4) is 0 Å². The smallest absolute Gasteiger partial charge is 0.106 e. The van der Waals surface area contributed by atoms with E-state index >= 15 is 0 Å². The maximum absolute atomic E-state index is 4.46. The molecule has 2 heteroatoms. The molecular weight excluding hydrogens is 214 g/mol. The Labute approximate surface area is 82.3 Å². The monoisotopic (exact) mass is 227 g/mol. The molecule has 0 aliphatic heterocycles. The van der Waals surface area contributed by atoms with Crippen molar-refractivity contribution < 1.29 is 0 Å². The largest absolute Gasteiger partial charge is 0.245 e. The average molecular weight is 228 g/mol. The third kappa shape index (κ3) is 2.07. The second-order valence-electron chi connectivity index (χ2n) is 3.19. The minimum absolute atomic E-state index is 0.512. The Bertz CT molecular complexity index is 269. The molecule has 1 aromatic rings. The molecule has 0 bridgehead atoms. The molecule has 0 aromatic carbocycles. The zero-order valence-corrected chi connectivity index (χ0v) is 9.35. The number of pyridine rings is 1. The predicted octanol–water partition coefficient (Wildman–Crippen LogP) is 3.53. The van der Waals surface area contributed by atoms with Crippen LogP contribution < -0.4 is 0 Å². The van der Waals surface area contributed by atoms with Crippen molar-refractivity contribution in [2.75, 3.05) is 0 Å². The van der Waals surface area contributed by atoms with Gasteiger partial charge in [0.1, 0.15) is 4.60 Å². The first-order chi connectivity index (χ1) is 5.65. The first-order valence-electron chi connectivity index (χ1n) is 4.30. The van der Waals surface area contributed by atoms with Gasteiger partial charge in [0.25, 0.3) is 0 Å². The normalized spacial score (nSPS) is 10.8. The summed E-state index contributed by atoms with van der Waals surface area (Å²) in [5.41, 5.74) is 2.57. The Morgan fingerprint density at radius 3 is 2.58 bits per heavy atom. The topological polar surface area (TPSA) is 12.9 Å². The molecule has 0 atom stereocenters. The quantitative estimate of drug-likeness (QED) is 0.705. The molecule has 0 fully saturated rings. The zero-order valence-electron chi connectivity index (χ0n) is 7.76. The van der Waals surface area contributed by atoms with E-state index in [1.165, 1.54) is 11.3 Å². The van der Waals surface area contributed by atoms with Gasteiger partial charge in [-0.05, 0) is 39.9 Å². The van der Waals surface area contributed by atoms with Gasteiger partial charge in [0.2, 0.25) is 0 Å². The van der Waals surface area contributed by atoms with Crippen LogP contribution in [0, 0.1) is 0 Å². The molecule has 0 aliphatic rings. The molecule has 0 saturated heterocycles. The molecular formula is C10H14BrN. The van der Waals surface area contributed by atoms with Crippen molar-refractivity contribution in [1.29, 1.82) is 0 Å². The van der Waals surface area contributed by atoms with Crippen molar-refractivity contribution in [2.45, 2.75) is 33.1 Å². The summed E-state index contributed by atoms with van der Waals surface area (Å²) in [6.45, 7) is 6.51. The van der Waals surface area contributed by atoms with Crippen LogP contribution in [0.2, 0.25) is 0 Å². The van der Waals surface area contributed by atoms with E-state index in [4.69, 9.17) is 0 Å². The molecule has 0 unspecified atom stereocenters. The van der Waals surface area contributed by atoms with E-state index in [1.807, 2.05) is 6.07 Å². The van der Waals surface area contributed by atoms with Gasteiger partial charge >= 0.3 is 0 Å². The number of hydrogen-bond acceptors (Lipinski definition) is 1. The van der Waals surface area contributed by atoms with Crippen molar-refractivity contribution in [2.24, 2.45) is 0 Å². The van der Waals surface area contributed by atoms with Crippen LogP contribution in [0.25, 0.3) is 0 Å². The first-order valence-corrected chi connectivity index (χ1v) is 5.09. The van der Waals surface area contributed by atoms with Gasteiger partial charge in [-0.2, -0.15) is 0 Å². The standard InChI is InChI=1S/C10H14BrN/c1-4-8-5-6-9(11)12-10(8)7(2)3/h5-7H,4H2,1-3H3. The summed E-state index contributed by atoms with van der Waals surface area (Å²) in [6.07, 6.45) is 1.06. The fourth-order valence-electron chi connectivity index (χ4n) is 1.28. The highest BCUT2D eigenvalue weighted by Crippen LogP contribution is 2.20. The van der Waals surface area contributed by atoms with E-state index in [0.717, 1.165) is 11.0 Å². The summed E-state index contributed by atoms with van der Waals surface area (Å²) in [5.74, 6) is 0.512. The van der Waals surface area contributed by atoms with Crippen LogP contribution >= 0.6 is 15.9 Å². The molecule has 0 amide bonds. The Balaban J connectivity index is 3.12. The molecule has 0 radical (unpaired) electrons. The lowest BCUT2D eigenvalue weighted by Crippen LogP contribution is -1.98. The fraction of sp³-hybridized carbons (Fsp3) is 0.500. The minimum atomic E-state index is 0.512. The maximum atomic E-state index is 4.46. The van der Waals surface area contributed by atoms with Gasteiger partial charge in [0.15, 0.2) is 0 Å². The molecule has 0 N–H and O–H groups in total. The highest BCUT2D eigenvalue weighted by Gasteiger charge is 2.06. The highest BCUT2D eigenvalue weighted by molar-refractivity contribution is 9.10. The van der Waals surface area contributed by atoms with E-state index < -0.39 is 0 Å². The van der Waals surface area contributed by atoms with Crippen molar-refractivity contribution in [3.8, 4) is 0 Å². The third-order valence-corrected chi connectivity index (χ3v) is 2.35.